The Labute approximate surface area is 216 Å². The lowest BCUT2D eigenvalue weighted by Gasteiger charge is -2.36. The molecule has 6 nitrogen and oxygen atoms in total. The molecule has 2 aliphatic rings. The third kappa shape index (κ3) is 5.08. The predicted molar refractivity (Wildman–Crippen MR) is 142 cm³/mol. The summed E-state index contributed by atoms with van der Waals surface area (Å²) in [6, 6.07) is 7.78. The van der Waals surface area contributed by atoms with Crippen molar-refractivity contribution in [2.24, 2.45) is 11.8 Å². The number of rotatable bonds is 6. The van der Waals surface area contributed by atoms with E-state index in [9.17, 15) is 9.18 Å². The monoisotopic (exact) mass is 511 g/mol. The lowest BCUT2D eigenvalue weighted by atomic mass is 9.72. The normalized spacial score (nSPS) is 21.1. The van der Waals surface area contributed by atoms with Gasteiger partial charge in [-0.3, -0.25) is 9.13 Å². The number of anilines is 1. The first-order valence-corrected chi connectivity index (χ1v) is 13.7. The van der Waals surface area contributed by atoms with Crippen LogP contribution in [-0.2, 0) is 0 Å². The number of benzene rings is 1. The average molecular weight is 512 g/mol. The lowest BCUT2D eigenvalue weighted by Crippen LogP contribution is -2.30. The van der Waals surface area contributed by atoms with Crippen molar-refractivity contribution >= 4 is 17.5 Å². The molecule has 5 rings (SSSR count). The molecule has 36 heavy (non-hydrogen) atoms. The van der Waals surface area contributed by atoms with E-state index in [-0.39, 0.29) is 17.5 Å². The highest BCUT2D eigenvalue weighted by Gasteiger charge is 2.29. The van der Waals surface area contributed by atoms with Gasteiger partial charge in [-0.15, -0.1) is 0 Å². The average Bonchev–Trinajstić information content (AvgIpc) is 3.15. The van der Waals surface area contributed by atoms with Gasteiger partial charge < -0.3 is 5.32 Å². The third-order valence-corrected chi connectivity index (χ3v) is 8.31. The minimum Gasteiger partial charge on any atom is -0.351 e. The topological polar surface area (TPSA) is 64.7 Å². The van der Waals surface area contributed by atoms with Crippen LogP contribution in [0.3, 0.4) is 0 Å². The van der Waals surface area contributed by atoms with Gasteiger partial charge >= 0.3 is 5.69 Å². The number of hydrogen-bond acceptors (Lipinski definition) is 4. The molecule has 2 aromatic heterocycles. The van der Waals surface area contributed by atoms with Gasteiger partial charge in [-0.25, -0.2) is 19.2 Å². The summed E-state index contributed by atoms with van der Waals surface area (Å²) >= 11 is 6.77. The van der Waals surface area contributed by atoms with E-state index in [2.05, 4.69) is 10.3 Å². The maximum absolute atomic E-state index is 13.6. The summed E-state index contributed by atoms with van der Waals surface area (Å²) in [4.78, 5) is 22.6. The van der Waals surface area contributed by atoms with Crippen LogP contribution in [0.4, 0.5) is 10.3 Å². The Bertz CT molecular complexity index is 1240. The van der Waals surface area contributed by atoms with Crippen LogP contribution in [0.15, 0.2) is 41.3 Å². The standard InChI is InChI=1S/C28H35ClFN5O/c1-18(2)34-26(29)25(35(28(34)36)23-14-10-21(30)11-15-23)24-16-17-31-27(33-24)32-22-12-8-20(9-13-22)19-6-4-3-5-7-19/h10-11,14-20,22H,3-9,12-13H2,1-2H3,(H,31,32,33). The van der Waals surface area contributed by atoms with Gasteiger partial charge in [-0.05, 0) is 81.7 Å². The van der Waals surface area contributed by atoms with Crippen LogP contribution < -0.4 is 11.0 Å². The Morgan fingerprint density at radius 2 is 1.64 bits per heavy atom. The summed E-state index contributed by atoms with van der Waals surface area (Å²) in [5.74, 6) is 1.94. The second kappa shape index (κ2) is 10.8. The third-order valence-electron chi connectivity index (χ3n) is 7.95. The molecule has 0 atom stereocenters. The first-order valence-electron chi connectivity index (χ1n) is 13.3. The van der Waals surface area contributed by atoms with Crippen molar-refractivity contribution < 1.29 is 4.39 Å². The van der Waals surface area contributed by atoms with Crippen molar-refractivity contribution in [1.29, 1.82) is 0 Å². The van der Waals surface area contributed by atoms with Crippen molar-refractivity contribution in [3.8, 4) is 17.1 Å². The van der Waals surface area contributed by atoms with Crippen LogP contribution in [0.2, 0.25) is 5.15 Å². The molecule has 2 heterocycles. The van der Waals surface area contributed by atoms with E-state index in [0.29, 0.717) is 34.2 Å². The van der Waals surface area contributed by atoms with Crippen LogP contribution in [0, 0.1) is 17.7 Å². The van der Waals surface area contributed by atoms with Gasteiger partial charge in [0.05, 0.1) is 11.4 Å². The highest BCUT2D eigenvalue weighted by atomic mass is 35.5. The first-order chi connectivity index (χ1) is 17.4. The number of hydrogen-bond donors (Lipinski definition) is 1. The molecule has 2 saturated carbocycles. The molecule has 0 unspecified atom stereocenters. The highest BCUT2D eigenvalue weighted by Crippen LogP contribution is 2.39. The van der Waals surface area contributed by atoms with E-state index in [0.717, 1.165) is 24.7 Å². The molecule has 0 radical (unpaired) electrons. The zero-order valence-corrected chi connectivity index (χ0v) is 21.8. The summed E-state index contributed by atoms with van der Waals surface area (Å²) in [5.41, 5.74) is 1.28. The van der Waals surface area contributed by atoms with E-state index in [1.165, 1.54) is 66.2 Å². The smallest absolute Gasteiger partial charge is 0.334 e. The summed E-state index contributed by atoms with van der Waals surface area (Å²) in [7, 11) is 0. The van der Waals surface area contributed by atoms with E-state index in [1.807, 2.05) is 13.8 Å². The fraction of sp³-hybridized carbons (Fsp3) is 0.536. The van der Waals surface area contributed by atoms with E-state index in [1.54, 1.807) is 24.4 Å². The van der Waals surface area contributed by atoms with Gasteiger partial charge in [-0.2, -0.15) is 0 Å². The zero-order chi connectivity index (χ0) is 25.2. The van der Waals surface area contributed by atoms with Crippen LogP contribution in [0.25, 0.3) is 17.1 Å². The van der Waals surface area contributed by atoms with Crippen LogP contribution in [0.5, 0.6) is 0 Å². The Morgan fingerprint density at radius 1 is 0.972 bits per heavy atom. The number of halogens is 2. The van der Waals surface area contributed by atoms with Crippen molar-refractivity contribution in [2.45, 2.75) is 83.7 Å². The number of nitrogens with one attached hydrogen (secondary N) is 1. The Hall–Kier alpha value is -2.67. The summed E-state index contributed by atoms with van der Waals surface area (Å²) in [6.07, 6.45) is 13.5. The maximum Gasteiger partial charge on any atom is 0.334 e. The van der Waals surface area contributed by atoms with E-state index >= 15 is 0 Å². The van der Waals surface area contributed by atoms with Gasteiger partial charge in [0.1, 0.15) is 16.7 Å². The molecule has 2 fully saturated rings. The first kappa shape index (κ1) is 25.0. The number of aromatic nitrogens is 4. The van der Waals surface area contributed by atoms with Crippen LogP contribution in [-0.4, -0.2) is 25.1 Å². The van der Waals surface area contributed by atoms with Gasteiger partial charge in [-0.1, -0.05) is 43.7 Å². The second-order valence-electron chi connectivity index (χ2n) is 10.6. The predicted octanol–water partition coefficient (Wildman–Crippen LogP) is 7.02. The van der Waals surface area contributed by atoms with E-state index < -0.39 is 0 Å². The molecule has 0 saturated heterocycles. The molecule has 192 valence electrons. The minimum atomic E-state index is -0.366. The fourth-order valence-corrected chi connectivity index (χ4v) is 6.52. The molecule has 1 N–H and O–H groups in total. The Kier molecular flexibility index (Phi) is 7.47. The minimum absolute atomic E-state index is 0.149. The van der Waals surface area contributed by atoms with Gasteiger partial charge in [0.2, 0.25) is 5.95 Å². The molecular weight excluding hydrogens is 477 g/mol. The summed E-state index contributed by atoms with van der Waals surface area (Å²) in [6.45, 7) is 3.81. The fourth-order valence-electron chi connectivity index (χ4n) is 6.07. The molecule has 8 heteroatoms. The Morgan fingerprint density at radius 3 is 2.31 bits per heavy atom. The number of nitrogens with zero attached hydrogens (tertiary/aromatic N) is 4. The molecule has 1 aromatic carbocycles. The molecule has 3 aromatic rings. The largest absolute Gasteiger partial charge is 0.351 e. The maximum atomic E-state index is 13.6. The summed E-state index contributed by atoms with van der Waals surface area (Å²) < 4.78 is 16.6. The lowest BCUT2D eigenvalue weighted by molar-refractivity contribution is 0.190. The SMILES string of the molecule is CC(C)n1c(Cl)c(-c2ccnc(NC3CCC(C4CCCCC4)CC3)n2)n(-c2ccc(F)cc2)c1=O. The van der Waals surface area contributed by atoms with Gasteiger partial charge in [0.15, 0.2) is 0 Å². The quantitative estimate of drug-likeness (QED) is 0.386. The van der Waals surface area contributed by atoms with Crippen molar-refractivity contribution in [2.75, 3.05) is 5.32 Å². The molecule has 0 bridgehead atoms. The Balaban J connectivity index is 1.40. The molecule has 2 aliphatic carbocycles. The molecular formula is C28H35ClFN5O. The number of imidazole rings is 1. The van der Waals surface area contributed by atoms with E-state index in [4.69, 9.17) is 16.6 Å². The molecule has 0 spiro atoms. The molecule has 0 amide bonds. The summed E-state index contributed by atoms with van der Waals surface area (Å²) in [5, 5.41) is 3.84. The van der Waals surface area contributed by atoms with Crippen molar-refractivity contribution in [3.05, 3.63) is 58.0 Å². The zero-order valence-electron chi connectivity index (χ0n) is 21.1. The van der Waals surface area contributed by atoms with Crippen LogP contribution >= 0.6 is 11.6 Å². The second-order valence-corrected chi connectivity index (χ2v) is 11.0. The van der Waals surface area contributed by atoms with Gasteiger partial charge in [0, 0.05) is 18.3 Å². The van der Waals surface area contributed by atoms with Gasteiger partial charge in [0.25, 0.3) is 0 Å². The van der Waals surface area contributed by atoms with Crippen molar-refractivity contribution in [3.63, 3.8) is 0 Å². The van der Waals surface area contributed by atoms with Crippen LogP contribution in [0.1, 0.15) is 77.7 Å². The molecule has 0 aliphatic heterocycles. The highest BCUT2D eigenvalue weighted by molar-refractivity contribution is 6.32. The van der Waals surface area contributed by atoms with Crippen molar-refractivity contribution in [1.82, 2.24) is 19.1 Å².